The zero-order valence-electron chi connectivity index (χ0n) is 12.9. The van der Waals surface area contributed by atoms with Gasteiger partial charge in [-0.1, -0.05) is 56.4 Å². The molecule has 3 nitrogen and oxygen atoms in total. The molecule has 0 bridgehead atoms. The highest BCUT2D eigenvalue weighted by atomic mass is 32.2. The molecule has 1 aliphatic heterocycles. The topological polar surface area (TPSA) is 49.9 Å². The van der Waals surface area contributed by atoms with Crippen molar-refractivity contribution < 1.29 is 4.79 Å². The second kappa shape index (κ2) is 5.70. The van der Waals surface area contributed by atoms with Gasteiger partial charge in [0, 0.05) is 22.5 Å². The van der Waals surface area contributed by atoms with Crippen molar-refractivity contribution >= 4 is 29.4 Å². The lowest BCUT2D eigenvalue weighted by atomic mass is 9.82. The first-order valence-electron chi connectivity index (χ1n) is 7.31. The van der Waals surface area contributed by atoms with Crippen molar-refractivity contribution in [3.63, 3.8) is 0 Å². The number of carbonyl (C=O) groups is 1. The molecule has 0 radical (unpaired) electrons. The molecule has 2 aromatic rings. The van der Waals surface area contributed by atoms with Crippen molar-refractivity contribution in [2.45, 2.75) is 37.1 Å². The Balaban J connectivity index is 2.04. The minimum Gasteiger partial charge on any atom is -0.307 e. The van der Waals surface area contributed by atoms with E-state index in [0.717, 1.165) is 27.5 Å². The van der Waals surface area contributed by atoms with Crippen LogP contribution in [-0.2, 0) is 10.2 Å². The second-order valence-corrected chi connectivity index (χ2v) is 8.71. The highest BCUT2D eigenvalue weighted by Crippen LogP contribution is 2.44. The Bertz CT molecular complexity index is 737. The van der Waals surface area contributed by atoms with Crippen LogP contribution in [0.1, 0.15) is 42.7 Å². The molecular weight excluding hydrogens is 314 g/mol. The van der Waals surface area contributed by atoms with Gasteiger partial charge in [0.25, 0.3) is 0 Å². The van der Waals surface area contributed by atoms with Crippen LogP contribution in [0.15, 0.2) is 34.1 Å². The number of nitrogens with one attached hydrogen (secondary N) is 1. The Kier molecular flexibility index (Phi) is 4.03. The number of aromatic amines is 1. The van der Waals surface area contributed by atoms with E-state index >= 15 is 0 Å². The molecule has 1 N–H and O–H groups in total. The third-order valence-corrected chi connectivity index (χ3v) is 6.34. The van der Waals surface area contributed by atoms with Crippen LogP contribution in [0.25, 0.3) is 0 Å². The van der Waals surface area contributed by atoms with Crippen molar-refractivity contribution in [3.8, 4) is 0 Å². The van der Waals surface area contributed by atoms with Crippen LogP contribution in [0.5, 0.6) is 0 Å². The van der Waals surface area contributed by atoms with E-state index in [9.17, 15) is 9.59 Å². The number of aldehydes is 1. The van der Waals surface area contributed by atoms with Gasteiger partial charge in [-0.2, -0.15) is 0 Å². The van der Waals surface area contributed by atoms with Gasteiger partial charge in [-0.05, 0) is 16.5 Å². The molecule has 116 valence electrons. The van der Waals surface area contributed by atoms with Gasteiger partial charge in [-0.3, -0.25) is 4.79 Å². The zero-order valence-corrected chi connectivity index (χ0v) is 14.5. The molecule has 1 aliphatic rings. The molecule has 2 atom stereocenters. The molecule has 0 fully saturated rings. The first-order valence-corrected chi connectivity index (χ1v) is 9.12. The molecule has 3 rings (SSSR count). The third-order valence-electron chi connectivity index (χ3n) is 4.08. The fraction of sp³-hybridized carbons (Fsp3) is 0.412. The summed E-state index contributed by atoms with van der Waals surface area (Å²) in [5.41, 5.74) is 2.49. The largest absolute Gasteiger partial charge is 0.307 e. The van der Waals surface area contributed by atoms with Crippen LogP contribution < -0.4 is 4.87 Å². The van der Waals surface area contributed by atoms with Crippen molar-refractivity contribution in [2.24, 2.45) is 5.92 Å². The number of thiazole rings is 1. The van der Waals surface area contributed by atoms with E-state index in [1.54, 1.807) is 11.8 Å². The summed E-state index contributed by atoms with van der Waals surface area (Å²) < 4.78 is 0. The van der Waals surface area contributed by atoms with Gasteiger partial charge in [-0.25, -0.2) is 0 Å². The van der Waals surface area contributed by atoms with Gasteiger partial charge in [0.2, 0.25) is 0 Å². The highest BCUT2D eigenvalue weighted by molar-refractivity contribution is 7.99. The minimum atomic E-state index is -0.0792. The van der Waals surface area contributed by atoms with Crippen molar-refractivity contribution in [2.75, 3.05) is 5.75 Å². The molecule has 1 aromatic heterocycles. The summed E-state index contributed by atoms with van der Waals surface area (Å²) in [6.07, 6.45) is 1.03. The Hall–Kier alpha value is -1.33. The average Bonchev–Trinajstić information content (AvgIpc) is 2.85. The van der Waals surface area contributed by atoms with Gasteiger partial charge in [0.1, 0.15) is 6.29 Å². The molecule has 1 aromatic carbocycles. The van der Waals surface area contributed by atoms with Gasteiger partial charge in [-0.15, -0.1) is 11.8 Å². The van der Waals surface area contributed by atoms with Gasteiger partial charge >= 0.3 is 4.87 Å². The van der Waals surface area contributed by atoms with Crippen LogP contribution in [0.3, 0.4) is 0 Å². The molecule has 2 heterocycles. The minimum absolute atomic E-state index is 0.00767. The summed E-state index contributed by atoms with van der Waals surface area (Å²) in [5, 5.41) is 0.929. The number of benzene rings is 1. The predicted molar refractivity (Wildman–Crippen MR) is 92.2 cm³/mol. The maximum absolute atomic E-state index is 11.7. The molecule has 22 heavy (non-hydrogen) atoms. The number of carbonyl (C=O) groups excluding carboxylic acids is 1. The summed E-state index contributed by atoms with van der Waals surface area (Å²) in [6.45, 7) is 6.55. The maximum atomic E-state index is 11.7. The molecule has 0 saturated carbocycles. The molecule has 0 amide bonds. The maximum Gasteiger partial charge on any atom is 0.305 e. The number of hydrogen-bond acceptors (Lipinski definition) is 4. The smallest absolute Gasteiger partial charge is 0.305 e. The van der Waals surface area contributed by atoms with E-state index < -0.39 is 0 Å². The van der Waals surface area contributed by atoms with Crippen molar-refractivity contribution in [1.29, 1.82) is 0 Å². The molecule has 5 heteroatoms. The first kappa shape index (κ1) is 15.6. The second-order valence-electron chi connectivity index (χ2n) is 6.67. The molecule has 0 unspecified atom stereocenters. The van der Waals surface area contributed by atoms with Crippen LogP contribution in [-0.4, -0.2) is 17.0 Å². The number of fused-ring (bicyclic) bond motifs is 1. The van der Waals surface area contributed by atoms with E-state index in [4.69, 9.17) is 0 Å². The fourth-order valence-corrected chi connectivity index (χ4v) is 5.18. The molecule has 0 aliphatic carbocycles. The Morgan fingerprint density at radius 2 is 1.91 bits per heavy atom. The SMILES string of the molecule is CC(C)(C)c1ccc([C@@H]2c3sc(=O)[nH]c3SC[C@@H]2C=O)cc1. The lowest BCUT2D eigenvalue weighted by Gasteiger charge is -2.28. The summed E-state index contributed by atoms with van der Waals surface area (Å²) in [6, 6.07) is 8.47. The summed E-state index contributed by atoms with van der Waals surface area (Å²) in [7, 11) is 0. The summed E-state index contributed by atoms with van der Waals surface area (Å²) in [4.78, 5) is 27.0. The van der Waals surface area contributed by atoms with E-state index in [-0.39, 0.29) is 22.1 Å². The van der Waals surface area contributed by atoms with Crippen molar-refractivity contribution in [1.82, 2.24) is 4.98 Å². The van der Waals surface area contributed by atoms with E-state index in [1.807, 2.05) is 0 Å². The predicted octanol–water partition coefficient (Wildman–Crippen LogP) is 3.79. The fourth-order valence-electron chi connectivity index (χ4n) is 2.82. The van der Waals surface area contributed by atoms with E-state index in [0.29, 0.717) is 0 Å². The van der Waals surface area contributed by atoms with Gasteiger partial charge in [0.05, 0.1) is 5.03 Å². The lowest BCUT2D eigenvalue weighted by molar-refractivity contribution is -0.110. The van der Waals surface area contributed by atoms with Gasteiger partial charge < -0.3 is 9.78 Å². The average molecular weight is 333 g/mol. The van der Waals surface area contributed by atoms with Crippen LogP contribution in [0, 0.1) is 5.92 Å². The Morgan fingerprint density at radius 1 is 1.23 bits per heavy atom. The van der Waals surface area contributed by atoms with Crippen LogP contribution in [0.4, 0.5) is 0 Å². The number of H-pyrrole nitrogens is 1. The first-order chi connectivity index (χ1) is 10.4. The highest BCUT2D eigenvalue weighted by Gasteiger charge is 2.33. The Morgan fingerprint density at radius 3 is 2.50 bits per heavy atom. The van der Waals surface area contributed by atoms with Gasteiger partial charge in [0.15, 0.2) is 0 Å². The van der Waals surface area contributed by atoms with Crippen molar-refractivity contribution in [3.05, 3.63) is 49.9 Å². The third kappa shape index (κ3) is 2.79. The standard InChI is InChI=1S/C17H19NO2S2/c1-17(2,3)12-6-4-10(5-7-12)13-11(8-19)9-21-15-14(13)22-16(20)18-15/h4-8,11,13H,9H2,1-3H3,(H,18,20)/t11-,13-/m0/s1. The number of aromatic nitrogens is 1. The number of hydrogen-bond donors (Lipinski definition) is 1. The summed E-state index contributed by atoms with van der Waals surface area (Å²) >= 11 is 2.80. The van der Waals surface area contributed by atoms with E-state index in [2.05, 4.69) is 50.0 Å². The number of thioether (sulfide) groups is 1. The van der Waals surface area contributed by atoms with Crippen LogP contribution >= 0.6 is 23.1 Å². The monoisotopic (exact) mass is 333 g/mol. The summed E-state index contributed by atoms with van der Waals surface area (Å²) in [5.74, 6) is 0.630. The normalized spacial score (nSPS) is 21.4. The van der Waals surface area contributed by atoms with E-state index in [1.165, 1.54) is 16.9 Å². The lowest BCUT2D eigenvalue weighted by Crippen LogP contribution is -2.22. The molecule has 0 saturated heterocycles. The number of rotatable bonds is 2. The zero-order chi connectivity index (χ0) is 15.9. The molecule has 0 spiro atoms. The quantitative estimate of drug-likeness (QED) is 0.851. The Labute approximate surface area is 138 Å². The molecular formula is C17H19NO2S2. The van der Waals surface area contributed by atoms with Crippen LogP contribution in [0.2, 0.25) is 0 Å².